The van der Waals surface area contributed by atoms with Crippen LogP contribution in [0.25, 0.3) is 6.08 Å². The molecule has 154 valence electrons. The first-order valence-corrected chi connectivity index (χ1v) is 9.79. The lowest BCUT2D eigenvalue weighted by Crippen LogP contribution is -2.12. The molecule has 0 spiro atoms. The second-order valence-electron chi connectivity index (χ2n) is 7.44. The number of nitrogens with one attached hydrogen (secondary N) is 1. The quantitative estimate of drug-likeness (QED) is 0.571. The monoisotopic (exact) mass is 415 g/mol. The first kappa shape index (κ1) is 22.4. The van der Waals surface area contributed by atoms with E-state index >= 15 is 0 Å². The largest absolute Gasteiger partial charge is 0.465 e. The molecule has 0 aliphatic carbocycles. The fourth-order valence-corrected chi connectivity index (χ4v) is 3.77. The SMILES string of the molecule is COC(=O)c1sc(NC(=O)/C=C\c2ccc(C(C)(C)C)cc2)c(C(=O)OC)c1C. The van der Waals surface area contributed by atoms with Crippen LogP contribution in [0.4, 0.5) is 5.00 Å². The van der Waals surface area contributed by atoms with Gasteiger partial charge in [0, 0.05) is 6.08 Å². The standard InChI is InChI=1S/C22H25NO5S/c1-13-17(20(25)27-5)19(29-18(13)21(26)28-6)23-16(24)12-9-14-7-10-15(11-8-14)22(2,3)4/h7-12H,1-6H3,(H,23,24)/b12-9-. The van der Waals surface area contributed by atoms with Gasteiger partial charge in [-0.05, 0) is 35.1 Å². The van der Waals surface area contributed by atoms with E-state index in [1.54, 1.807) is 13.0 Å². The van der Waals surface area contributed by atoms with E-state index in [2.05, 4.69) is 26.1 Å². The van der Waals surface area contributed by atoms with Crippen molar-refractivity contribution in [2.75, 3.05) is 19.5 Å². The number of carbonyl (C=O) groups is 3. The summed E-state index contributed by atoms with van der Waals surface area (Å²) < 4.78 is 9.52. The van der Waals surface area contributed by atoms with Crippen LogP contribution in [0.1, 0.15) is 57.5 Å². The zero-order valence-electron chi connectivity index (χ0n) is 17.4. The van der Waals surface area contributed by atoms with Crippen LogP contribution < -0.4 is 5.32 Å². The minimum absolute atomic E-state index is 0.0539. The van der Waals surface area contributed by atoms with E-state index in [-0.39, 0.29) is 20.9 Å². The van der Waals surface area contributed by atoms with Gasteiger partial charge in [0.25, 0.3) is 0 Å². The van der Waals surface area contributed by atoms with Gasteiger partial charge in [0.2, 0.25) is 5.91 Å². The van der Waals surface area contributed by atoms with Gasteiger partial charge in [0.1, 0.15) is 9.88 Å². The van der Waals surface area contributed by atoms with Crippen LogP contribution in [-0.4, -0.2) is 32.1 Å². The minimum Gasteiger partial charge on any atom is -0.465 e. The van der Waals surface area contributed by atoms with Gasteiger partial charge in [0.05, 0.1) is 19.8 Å². The summed E-state index contributed by atoms with van der Waals surface area (Å²) in [6.45, 7) is 8.01. The van der Waals surface area contributed by atoms with Gasteiger partial charge < -0.3 is 14.8 Å². The van der Waals surface area contributed by atoms with Crippen LogP contribution in [0.2, 0.25) is 0 Å². The Balaban J connectivity index is 2.22. The highest BCUT2D eigenvalue weighted by atomic mass is 32.1. The number of anilines is 1. The second-order valence-corrected chi connectivity index (χ2v) is 8.46. The Bertz CT molecular complexity index is 949. The lowest BCUT2D eigenvalue weighted by atomic mass is 9.87. The molecule has 0 aliphatic rings. The molecule has 29 heavy (non-hydrogen) atoms. The third-order valence-corrected chi connectivity index (χ3v) is 5.53. The van der Waals surface area contributed by atoms with Crippen molar-refractivity contribution in [3.8, 4) is 0 Å². The number of carbonyl (C=O) groups excluding carboxylic acids is 3. The van der Waals surface area contributed by atoms with Gasteiger partial charge in [-0.15, -0.1) is 11.3 Å². The molecule has 0 saturated carbocycles. The van der Waals surface area contributed by atoms with Gasteiger partial charge in [0.15, 0.2) is 0 Å². The molecule has 0 radical (unpaired) electrons. The molecule has 1 N–H and O–H groups in total. The molecule has 0 aliphatic heterocycles. The van der Waals surface area contributed by atoms with Crippen LogP contribution >= 0.6 is 11.3 Å². The van der Waals surface area contributed by atoms with Crippen molar-refractivity contribution in [3.63, 3.8) is 0 Å². The molecule has 7 heteroatoms. The first-order chi connectivity index (χ1) is 13.6. The van der Waals surface area contributed by atoms with Crippen LogP contribution in [-0.2, 0) is 19.7 Å². The third-order valence-electron chi connectivity index (χ3n) is 4.35. The Morgan fingerprint density at radius 2 is 1.59 bits per heavy atom. The molecule has 1 amide bonds. The first-order valence-electron chi connectivity index (χ1n) is 8.98. The predicted molar refractivity (Wildman–Crippen MR) is 115 cm³/mol. The van der Waals surface area contributed by atoms with E-state index in [0.717, 1.165) is 16.9 Å². The van der Waals surface area contributed by atoms with Crippen LogP contribution in [0, 0.1) is 6.92 Å². The summed E-state index contributed by atoms with van der Waals surface area (Å²) in [6.07, 6.45) is 3.06. The van der Waals surface area contributed by atoms with Crippen LogP contribution in [0.3, 0.4) is 0 Å². The zero-order valence-corrected chi connectivity index (χ0v) is 18.2. The number of hydrogen-bond acceptors (Lipinski definition) is 6. The average Bonchev–Trinajstić information content (AvgIpc) is 3.00. The molecule has 1 aromatic heterocycles. The third kappa shape index (κ3) is 5.32. The molecule has 0 bridgehead atoms. The fourth-order valence-electron chi connectivity index (χ4n) is 2.66. The summed E-state index contributed by atoms with van der Waals surface area (Å²) >= 11 is 0.976. The lowest BCUT2D eigenvalue weighted by Gasteiger charge is -2.18. The Morgan fingerprint density at radius 1 is 1.00 bits per heavy atom. The molecular formula is C22H25NO5S. The maximum absolute atomic E-state index is 12.4. The summed E-state index contributed by atoms with van der Waals surface area (Å²) in [5.41, 5.74) is 2.68. The van der Waals surface area contributed by atoms with E-state index < -0.39 is 17.8 Å². The van der Waals surface area contributed by atoms with Gasteiger partial charge >= 0.3 is 11.9 Å². The number of thiophene rings is 1. The van der Waals surface area contributed by atoms with E-state index in [1.807, 2.05) is 24.3 Å². The Hall–Kier alpha value is -2.93. The van der Waals surface area contributed by atoms with Gasteiger partial charge in [-0.3, -0.25) is 4.79 Å². The molecule has 2 aromatic rings. The number of ether oxygens (including phenoxy) is 2. The Kier molecular flexibility index (Phi) is 6.97. The molecule has 0 saturated heterocycles. The molecule has 1 heterocycles. The molecule has 6 nitrogen and oxygen atoms in total. The molecule has 0 unspecified atom stereocenters. The maximum atomic E-state index is 12.4. The van der Waals surface area contributed by atoms with E-state index in [0.29, 0.717) is 5.56 Å². The van der Waals surface area contributed by atoms with Crippen molar-refractivity contribution in [2.24, 2.45) is 0 Å². The van der Waals surface area contributed by atoms with Gasteiger partial charge in [-0.25, -0.2) is 9.59 Å². The summed E-state index contributed by atoms with van der Waals surface area (Å²) in [5.74, 6) is -1.63. The van der Waals surface area contributed by atoms with Crippen molar-refractivity contribution in [3.05, 3.63) is 57.5 Å². The minimum atomic E-state index is -0.633. The number of amides is 1. The number of benzene rings is 1. The highest BCUT2D eigenvalue weighted by Gasteiger charge is 2.26. The lowest BCUT2D eigenvalue weighted by molar-refractivity contribution is -0.111. The van der Waals surface area contributed by atoms with Crippen molar-refractivity contribution in [2.45, 2.75) is 33.1 Å². The Morgan fingerprint density at radius 3 is 2.10 bits per heavy atom. The predicted octanol–water partition coefficient (Wildman–Crippen LogP) is 4.58. The topological polar surface area (TPSA) is 81.7 Å². The van der Waals surface area contributed by atoms with Crippen molar-refractivity contribution >= 4 is 40.3 Å². The van der Waals surface area contributed by atoms with Crippen molar-refractivity contribution < 1.29 is 23.9 Å². The van der Waals surface area contributed by atoms with Crippen LogP contribution in [0.15, 0.2) is 30.3 Å². The normalized spacial score (nSPS) is 11.4. The second kappa shape index (κ2) is 9.05. The number of esters is 2. The maximum Gasteiger partial charge on any atom is 0.348 e. The molecule has 0 atom stereocenters. The number of rotatable bonds is 5. The molecule has 1 aromatic carbocycles. The van der Waals surface area contributed by atoms with E-state index in [1.165, 1.54) is 25.9 Å². The van der Waals surface area contributed by atoms with Gasteiger partial charge in [-0.1, -0.05) is 45.0 Å². The smallest absolute Gasteiger partial charge is 0.348 e. The zero-order chi connectivity index (χ0) is 21.8. The molecule has 2 rings (SSSR count). The number of hydrogen-bond donors (Lipinski definition) is 1. The van der Waals surface area contributed by atoms with Crippen molar-refractivity contribution in [1.29, 1.82) is 0 Å². The highest BCUT2D eigenvalue weighted by molar-refractivity contribution is 7.18. The summed E-state index contributed by atoms with van der Waals surface area (Å²) in [6, 6.07) is 7.93. The summed E-state index contributed by atoms with van der Waals surface area (Å²) in [4.78, 5) is 36.6. The van der Waals surface area contributed by atoms with Crippen molar-refractivity contribution in [1.82, 2.24) is 0 Å². The van der Waals surface area contributed by atoms with E-state index in [4.69, 9.17) is 9.47 Å². The Labute approximate surface area is 174 Å². The fraction of sp³-hybridized carbons (Fsp3) is 0.318. The highest BCUT2D eigenvalue weighted by Crippen LogP contribution is 2.34. The van der Waals surface area contributed by atoms with E-state index in [9.17, 15) is 14.4 Å². The molecule has 0 fully saturated rings. The summed E-state index contributed by atoms with van der Waals surface area (Å²) in [7, 11) is 2.50. The number of methoxy groups -OCH3 is 2. The summed E-state index contributed by atoms with van der Waals surface area (Å²) in [5, 5.41) is 2.90. The van der Waals surface area contributed by atoms with Gasteiger partial charge in [-0.2, -0.15) is 0 Å². The molecular weight excluding hydrogens is 390 g/mol. The average molecular weight is 416 g/mol. The van der Waals surface area contributed by atoms with Crippen LogP contribution in [0.5, 0.6) is 0 Å².